The molecule has 1 heterocycles. The van der Waals surface area contributed by atoms with E-state index in [0.29, 0.717) is 49.2 Å². The van der Waals surface area contributed by atoms with E-state index in [1.54, 1.807) is 33.5 Å². The Balaban J connectivity index is 0.00000533. The highest BCUT2D eigenvalue weighted by atomic mass is 35.5. The second-order valence-corrected chi connectivity index (χ2v) is 12.4. The van der Waals surface area contributed by atoms with Gasteiger partial charge in [-0.3, -0.25) is 9.69 Å². The van der Waals surface area contributed by atoms with Crippen molar-refractivity contribution in [2.45, 2.75) is 51.3 Å². The molecule has 0 N–H and O–H groups in total. The molecule has 0 aliphatic carbocycles. The van der Waals surface area contributed by atoms with Crippen LogP contribution in [0.15, 0.2) is 47.4 Å². The van der Waals surface area contributed by atoms with Gasteiger partial charge in [0, 0.05) is 31.7 Å². The molecule has 0 fully saturated rings. The van der Waals surface area contributed by atoms with Gasteiger partial charge in [0.1, 0.15) is 11.3 Å². The van der Waals surface area contributed by atoms with Gasteiger partial charge < -0.3 is 9.64 Å². The molecule has 0 unspecified atom stereocenters. The molecule has 0 bridgehead atoms. The third-order valence-corrected chi connectivity index (χ3v) is 9.14. The Labute approximate surface area is 243 Å². The molecule has 8 nitrogen and oxygen atoms in total. The molecule has 216 valence electrons. The lowest BCUT2D eigenvalue weighted by molar-refractivity contribution is 0.0985. The smallest absolute Gasteiger partial charge is 0.260 e. The van der Waals surface area contributed by atoms with Crippen molar-refractivity contribution in [1.29, 1.82) is 0 Å². The molecule has 3 aromatic rings. The normalized spacial score (nSPS) is 11.7. The quantitative estimate of drug-likeness (QED) is 0.217. The van der Waals surface area contributed by atoms with Crippen LogP contribution < -0.4 is 9.64 Å². The molecular formula is C28H41ClN4O4S2. The third kappa shape index (κ3) is 8.38. The molecule has 0 aliphatic heterocycles. The number of fused-ring (bicyclic) bond motifs is 1. The molecule has 11 heteroatoms. The van der Waals surface area contributed by atoms with Crippen molar-refractivity contribution in [2.75, 3.05) is 51.8 Å². The number of para-hydroxylation sites is 1. The maximum atomic E-state index is 13.7. The Morgan fingerprint density at radius 3 is 2.13 bits per heavy atom. The molecule has 0 aliphatic rings. The first-order valence-corrected chi connectivity index (χ1v) is 15.6. The van der Waals surface area contributed by atoms with E-state index in [1.165, 1.54) is 11.3 Å². The van der Waals surface area contributed by atoms with Crippen LogP contribution in [0, 0.1) is 0 Å². The van der Waals surface area contributed by atoms with E-state index in [1.807, 2.05) is 44.1 Å². The number of anilines is 1. The van der Waals surface area contributed by atoms with Crippen LogP contribution in [0.25, 0.3) is 10.2 Å². The minimum Gasteiger partial charge on any atom is -0.492 e. The summed E-state index contributed by atoms with van der Waals surface area (Å²) >= 11 is 1.44. The summed E-state index contributed by atoms with van der Waals surface area (Å²) in [7, 11) is 0.278. The summed E-state index contributed by atoms with van der Waals surface area (Å²) in [5, 5.41) is 0.584. The number of aromatic nitrogens is 1. The van der Waals surface area contributed by atoms with Crippen LogP contribution in [-0.2, 0) is 10.0 Å². The third-order valence-electron chi connectivity index (χ3n) is 6.18. The molecule has 0 spiro atoms. The predicted molar refractivity (Wildman–Crippen MR) is 163 cm³/mol. The number of halogens is 1. The lowest BCUT2D eigenvalue weighted by atomic mass is 10.2. The van der Waals surface area contributed by atoms with Crippen molar-refractivity contribution < 1.29 is 17.9 Å². The molecular weight excluding hydrogens is 556 g/mol. The van der Waals surface area contributed by atoms with Crippen molar-refractivity contribution in [3.8, 4) is 5.75 Å². The number of carbonyl (C=O) groups excluding carboxylic acids is 1. The summed E-state index contributed by atoms with van der Waals surface area (Å²) in [6.45, 7) is 8.65. The van der Waals surface area contributed by atoms with Crippen LogP contribution in [0.5, 0.6) is 5.75 Å². The number of carbonyl (C=O) groups is 1. The zero-order chi connectivity index (χ0) is 27.7. The molecule has 0 saturated carbocycles. The van der Waals surface area contributed by atoms with Gasteiger partial charge in [0.05, 0.1) is 16.2 Å². The summed E-state index contributed by atoms with van der Waals surface area (Å²) in [5.41, 5.74) is 1.15. The summed E-state index contributed by atoms with van der Waals surface area (Å²) < 4.78 is 34.9. The lowest BCUT2D eigenvalue weighted by Crippen LogP contribution is -2.37. The van der Waals surface area contributed by atoms with Crippen molar-refractivity contribution in [2.24, 2.45) is 0 Å². The number of sulfonamides is 1. The standard InChI is InChI=1S/C28H40N4O4S2.ClH/c1-6-9-18-31(19-10-7-2)38(34,35)23-16-14-22(15-17-23)27(33)32(21-20-30(4)5)28-29-26-24(36-8-3)12-11-13-25(26)37-28;/h11-17H,6-10,18-21H2,1-5H3;1H. The topological polar surface area (TPSA) is 83.1 Å². The molecule has 39 heavy (non-hydrogen) atoms. The van der Waals surface area contributed by atoms with Gasteiger partial charge >= 0.3 is 0 Å². The van der Waals surface area contributed by atoms with Crippen molar-refractivity contribution >= 4 is 55.0 Å². The molecule has 1 amide bonds. The average molecular weight is 597 g/mol. The van der Waals surface area contributed by atoms with Gasteiger partial charge in [-0.25, -0.2) is 13.4 Å². The van der Waals surface area contributed by atoms with Gasteiger partial charge in [-0.1, -0.05) is 44.1 Å². The Morgan fingerprint density at radius 1 is 0.923 bits per heavy atom. The minimum atomic E-state index is -3.63. The molecule has 0 saturated heterocycles. The van der Waals surface area contributed by atoms with Gasteiger partial charge in [-0.2, -0.15) is 4.31 Å². The molecule has 1 aromatic heterocycles. The maximum absolute atomic E-state index is 13.7. The molecule has 2 aromatic carbocycles. The predicted octanol–water partition coefficient (Wildman–Crippen LogP) is 5.92. The summed E-state index contributed by atoms with van der Waals surface area (Å²) in [6, 6.07) is 12.1. The first-order valence-electron chi connectivity index (χ1n) is 13.3. The van der Waals surface area contributed by atoms with Gasteiger partial charge in [0.25, 0.3) is 5.91 Å². The molecule has 0 atom stereocenters. The monoisotopic (exact) mass is 596 g/mol. The van der Waals surface area contributed by atoms with E-state index >= 15 is 0 Å². The van der Waals surface area contributed by atoms with Crippen LogP contribution in [-0.4, -0.2) is 75.4 Å². The van der Waals surface area contributed by atoms with Gasteiger partial charge in [-0.05, 0) is 70.3 Å². The number of rotatable bonds is 15. The van der Waals surface area contributed by atoms with E-state index in [0.717, 1.165) is 35.9 Å². The van der Waals surface area contributed by atoms with E-state index in [2.05, 4.69) is 13.8 Å². The van der Waals surface area contributed by atoms with Crippen LogP contribution >= 0.6 is 23.7 Å². The van der Waals surface area contributed by atoms with Crippen LogP contribution in [0.3, 0.4) is 0 Å². The Kier molecular flexibility index (Phi) is 13.1. The second-order valence-electron chi connectivity index (χ2n) is 9.43. The number of hydrogen-bond acceptors (Lipinski definition) is 7. The number of likely N-dealkylation sites (N-methyl/N-ethyl adjacent to an activating group) is 1. The summed E-state index contributed by atoms with van der Waals surface area (Å²) in [5.74, 6) is 0.472. The number of hydrogen-bond donors (Lipinski definition) is 0. The highest BCUT2D eigenvalue weighted by molar-refractivity contribution is 7.89. The highest BCUT2D eigenvalue weighted by Crippen LogP contribution is 2.35. The van der Waals surface area contributed by atoms with Gasteiger partial charge in [0.2, 0.25) is 10.0 Å². The van der Waals surface area contributed by atoms with Gasteiger partial charge in [-0.15, -0.1) is 12.4 Å². The minimum absolute atomic E-state index is 0. The van der Waals surface area contributed by atoms with E-state index in [9.17, 15) is 13.2 Å². The number of thiazole rings is 1. The van der Waals surface area contributed by atoms with Crippen molar-refractivity contribution in [3.05, 3.63) is 48.0 Å². The average Bonchev–Trinajstić information content (AvgIpc) is 3.33. The number of nitrogens with zero attached hydrogens (tertiary/aromatic N) is 4. The zero-order valence-electron chi connectivity index (χ0n) is 23.6. The summed E-state index contributed by atoms with van der Waals surface area (Å²) in [6.07, 6.45) is 3.47. The zero-order valence-corrected chi connectivity index (χ0v) is 26.0. The Morgan fingerprint density at radius 2 is 1.56 bits per heavy atom. The number of benzene rings is 2. The number of ether oxygens (including phenoxy) is 1. The van der Waals surface area contributed by atoms with Crippen LogP contribution in [0.1, 0.15) is 56.8 Å². The first-order chi connectivity index (χ1) is 18.2. The Hall–Kier alpha value is -2.24. The SMILES string of the molecule is CCCCN(CCCC)S(=O)(=O)c1ccc(C(=O)N(CCN(C)C)c2nc3c(OCC)cccc3s2)cc1.Cl. The van der Waals surface area contributed by atoms with Gasteiger partial charge in [0.15, 0.2) is 5.13 Å². The molecule has 3 rings (SSSR count). The number of unbranched alkanes of at least 4 members (excludes halogenated alkanes) is 2. The van der Waals surface area contributed by atoms with Crippen LogP contribution in [0.4, 0.5) is 5.13 Å². The first kappa shape index (κ1) is 33.0. The van der Waals surface area contributed by atoms with Crippen LogP contribution in [0.2, 0.25) is 0 Å². The fourth-order valence-electron chi connectivity index (χ4n) is 3.98. The maximum Gasteiger partial charge on any atom is 0.260 e. The lowest BCUT2D eigenvalue weighted by Gasteiger charge is -2.23. The Bertz CT molecular complexity index is 1290. The van der Waals surface area contributed by atoms with E-state index in [-0.39, 0.29) is 23.2 Å². The van der Waals surface area contributed by atoms with Crippen molar-refractivity contribution in [1.82, 2.24) is 14.2 Å². The summed E-state index contributed by atoms with van der Waals surface area (Å²) in [4.78, 5) is 22.4. The second kappa shape index (κ2) is 15.5. The molecule has 0 radical (unpaired) electrons. The van der Waals surface area contributed by atoms with E-state index in [4.69, 9.17) is 9.72 Å². The van der Waals surface area contributed by atoms with Crippen molar-refractivity contribution in [3.63, 3.8) is 0 Å². The largest absolute Gasteiger partial charge is 0.492 e. The van der Waals surface area contributed by atoms with E-state index < -0.39 is 10.0 Å². The number of amides is 1. The fraction of sp³-hybridized carbons (Fsp3) is 0.500. The highest BCUT2D eigenvalue weighted by Gasteiger charge is 2.26. The fourth-order valence-corrected chi connectivity index (χ4v) is 6.50.